The number of carbonyl (C=O) groups is 2. The fourth-order valence-corrected chi connectivity index (χ4v) is 2.47. The Morgan fingerprint density at radius 3 is 2.58 bits per heavy atom. The SMILES string of the molecule is Cc1cc(=O)c(C(=O)O[C@@H](C)C(=O)NC2CC2)nn1-c1ccc(Cl)cc1. The highest BCUT2D eigenvalue weighted by Crippen LogP contribution is 2.19. The molecule has 0 saturated heterocycles. The first-order chi connectivity index (χ1) is 12.3. The normalized spacial score (nSPS) is 14.6. The highest BCUT2D eigenvalue weighted by molar-refractivity contribution is 6.30. The van der Waals surface area contributed by atoms with Crippen molar-refractivity contribution in [2.24, 2.45) is 0 Å². The molecule has 26 heavy (non-hydrogen) atoms. The van der Waals surface area contributed by atoms with Gasteiger partial charge in [0.25, 0.3) is 5.91 Å². The van der Waals surface area contributed by atoms with Crippen molar-refractivity contribution < 1.29 is 14.3 Å². The molecule has 1 atom stereocenters. The van der Waals surface area contributed by atoms with Crippen molar-refractivity contribution in [3.63, 3.8) is 0 Å². The molecule has 0 radical (unpaired) electrons. The van der Waals surface area contributed by atoms with Crippen molar-refractivity contribution in [1.29, 1.82) is 0 Å². The van der Waals surface area contributed by atoms with Crippen LogP contribution < -0.4 is 10.7 Å². The number of rotatable bonds is 5. The van der Waals surface area contributed by atoms with E-state index in [0.29, 0.717) is 16.4 Å². The highest BCUT2D eigenvalue weighted by atomic mass is 35.5. The molecule has 7 nitrogen and oxygen atoms in total. The number of amides is 1. The number of benzene rings is 1. The van der Waals surface area contributed by atoms with Gasteiger partial charge in [0, 0.05) is 22.8 Å². The third kappa shape index (κ3) is 4.11. The summed E-state index contributed by atoms with van der Waals surface area (Å²) in [5, 5.41) is 7.41. The van der Waals surface area contributed by atoms with Crippen LogP contribution in [-0.4, -0.2) is 33.8 Å². The Bertz CT molecular complexity index is 904. The first kappa shape index (κ1) is 18.1. The quantitative estimate of drug-likeness (QED) is 0.807. The Labute approximate surface area is 154 Å². The molecule has 2 aromatic rings. The molecule has 1 aromatic carbocycles. The average molecular weight is 376 g/mol. The summed E-state index contributed by atoms with van der Waals surface area (Å²) in [5.74, 6) is -1.32. The van der Waals surface area contributed by atoms with Crippen molar-refractivity contribution in [1.82, 2.24) is 15.1 Å². The van der Waals surface area contributed by atoms with Crippen LogP contribution >= 0.6 is 11.6 Å². The van der Waals surface area contributed by atoms with Crippen LogP contribution in [0.5, 0.6) is 0 Å². The number of aromatic nitrogens is 2. The number of esters is 1. The molecule has 0 unspecified atom stereocenters. The molecule has 1 saturated carbocycles. The maximum Gasteiger partial charge on any atom is 0.363 e. The van der Waals surface area contributed by atoms with Gasteiger partial charge in [0.1, 0.15) is 0 Å². The van der Waals surface area contributed by atoms with E-state index in [1.807, 2.05) is 0 Å². The zero-order chi connectivity index (χ0) is 18.8. The molecule has 1 aromatic heterocycles. The summed E-state index contributed by atoms with van der Waals surface area (Å²) in [5.41, 5.74) is 0.248. The summed E-state index contributed by atoms with van der Waals surface area (Å²) in [6, 6.07) is 8.24. The van der Waals surface area contributed by atoms with Crippen molar-refractivity contribution in [2.45, 2.75) is 38.8 Å². The van der Waals surface area contributed by atoms with Gasteiger partial charge in [0.2, 0.25) is 11.1 Å². The van der Waals surface area contributed by atoms with Gasteiger partial charge in [-0.15, -0.1) is 0 Å². The molecule has 1 aliphatic rings. The van der Waals surface area contributed by atoms with E-state index in [0.717, 1.165) is 12.8 Å². The second kappa shape index (κ2) is 7.29. The first-order valence-corrected chi connectivity index (χ1v) is 8.61. The van der Waals surface area contributed by atoms with Crippen LogP contribution in [0.1, 0.15) is 35.9 Å². The predicted octanol–water partition coefficient (Wildman–Crippen LogP) is 2.02. The molecule has 0 spiro atoms. The molecule has 3 rings (SSSR count). The van der Waals surface area contributed by atoms with Crippen LogP contribution in [0, 0.1) is 6.92 Å². The average Bonchev–Trinajstić information content (AvgIpc) is 3.39. The molecule has 1 fully saturated rings. The van der Waals surface area contributed by atoms with Gasteiger partial charge in [-0.2, -0.15) is 5.10 Å². The molecule has 8 heteroatoms. The fourth-order valence-electron chi connectivity index (χ4n) is 2.35. The summed E-state index contributed by atoms with van der Waals surface area (Å²) in [4.78, 5) is 36.4. The number of hydrogen-bond donors (Lipinski definition) is 1. The standard InChI is InChI=1S/C18H18ClN3O4/c1-10-9-15(23)16(21-22(10)14-7-3-12(19)4-8-14)18(25)26-11(2)17(24)20-13-5-6-13/h3-4,7-9,11,13H,5-6H2,1-2H3,(H,20,24)/t11-/m0/s1. The van der Waals surface area contributed by atoms with E-state index < -0.39 is 17.5 Å². The summed E-state index contributed by atoms with van der Waals surface area (Å²) < 4.78 is 6.56. The van der Waals surface area contributed by atoms with Gasteiger partial charge < -0.3 is 10.1 Å². The molecular formula is C18H18ClN3O4. The van der Waals surface area contributed by atoms with E-state index >= 15 is 0 Å². The van der Waals surface area contributed by atoms with E-state index in [1.165, 1.54) is 17.7 Å². The van der Waals surface area contributed by atoms with E-state index in [1.54, 1.807) is 31.2 Å². The minimum atomic E-state index is -1.01. The minimum absolute atomic E-state index is 0.156. The van der Waals surface area contributed by atoms with Gasteiger partial charge in [-0.25, -0.2) is 9.48 Å². The number of carbonyl (C=O) groups excluding carboxylic acids is 2. The number of halogens is 1. The van der Waals surface area contributed by atoms with Crippen LogP contribution in [0.15, 0.2) is 35.1 Å². The van der Waals surface area contributed by atoms with Gasteiger partial charge in [-0.1, -0.05) is 11.6 Å². The van der Waals surface area contributed by atoms with Crippen molar-refractivity contribution >= 4 is 23.5 Å². The molecule has 1 N–H and O–H groups in total. The molecule has 136 valence electrons. The second-order valence-corrected chi connectivity index (χ2v) is 6.65. The zero-order valence-corrected chi connectivity index (χ0v) is 15.1. The Morgan fingerprint density at radius 2 is 1.96 bits per heavy atom. The van der Waals surface area contributed by atoms with E-state index in [4.69, 9.17) is 16.3 Å². The predicted molar refractivity (Wildman–Crippen MR) is 95.6 cm³/mol. The monoisotopic (exact) mass is 375 g/mol. The second-order valence-electron chi connectivity index (χ2n) is 6.22. The summed E-state index contributed by atoms with van der Waals surface area (Å²) in [7, 11) is 0. The lowest BCUT2D eigenvalue weighted by Gasteiger charge is -2.14. The van der Waals surface area contributed by atoms with Gasteiger partial charge >= 0.3 is 5.97 Å². The van der Waals surface area contributed by atoms with Gasteiger partial charge in [-0.3, -0.25) is 9.59 Å². The third-order valence-corrected chi connectivity index (χ3v) is 4.20. The number of nitrogens with zero attached hydrogens (tertiary/aromatic N) is 2. The fraction of sp³-hybridized carbons (Fsp3) is 0.333. The van der Waals surface area contributed by atoms with Crippen molar-refractivity contribution in [3.8, 4) is 5.69 Å². The van der Waals surface area contributed by atoms with Crippen LogP contribution in [0.4, 0.5) is 0 Å². The molecule has 1 aliphatic carbocycles. The molecule has 1 heterocycles. The molecule has 0 aliphatic heterocycles. The van der Waals surface area contributed by atoms with Crippen LogP contribution in [0.3, 0.4) is 0 Å². The third-order valence-electron chi connectivity index (χ3n) is 3.95. The van der Waals surface area contributed by atoms with Gasteiger partial charge in [-0.05, 0) is 51.0 Å². The lowest BCUT2D eigenvalue weighted by atomic mass is 10.3. The van der Waals surface area contributed by atoms with E-state index in [-0.39, 0.29) is 17.6 Å². The summed E-state index contributed by atoms with van der Waals surface area (Å²) in [6.45, 7) is 3.16. The molecular weight excluding hydrogens is 358 g/mol. The minimum Gasteiger partial charge on any atom is -0.448 e. The Kier molecular flexibility index (Phi) is 5.08. The first-order valence-electron chi connectivity index (χ1n) is 8.23. The summed E-state index contributed by atoms with van der Waals surface area (Å²) in [6.07, 6.45) is 0.852. The smallest absolute Gasteiger partial charge is 0.363 e. The highest BCUT2D eigenvalue weighted by Gasteiger charge is 2.28. The largest absolute Gasteiger partial charge is 0.448 e. The number of nitrogens with one attached hydrogen (secondary N) is 1. The van der Waals surface area contributed by atoms with E-state index in [2.05, 4.69) is 10.4 Å². The zero-order valence-electron chi connectivity index (χ0n) is 14.4. The van der Waals surface area contributed by atoms with Gasteiger partial charge in [0.15, 0.2) is 6.10 Å². The maximum absolute atomic E-state index is 12.3. The van der Waals surface area contributed by atoms with Gasteiger partial charge in [0.05, 0.1) is 5.69 Å². The van der Waals surface area contributed by atoms with Crippen molar-refractivity contribution in [2.75, 3.05) is 0 Å². The topological polar surface area (TPSA) is 90.3 Å². The van der Waals surface area contributed by atoms with Crippen LogP contribution in [-0.2, 0) is 9.53 Å². The molecule has 0 bridgehead atoms. The Balaban J connectivity index is 1.83. The van der Waals surface area contributed by atoms with Crippen LogP contribution in [0.2, 0.25) is 5.02 Å². The summed E-state index contributed by atoms with van der Waals surface area (Å²) >= 11 is 5.88. The Morgan fingerprint density at radius 1 is 1.31 bits per heavy atom. The van der Waals surface area contributed by atoms with Crippen LogP contribution in [0.25, 0.3) is 5.69 Å². The maximum atomic E-state index is 12.3. The lowest BCUT2D eigenvalue weighted by Crippen LogP contribution is -2.38. The lowest BCUT2D eigenvalue weighted by molar-refractivity contribution is -0.129. The number of aryl methyl sites for hydroxylation is 1. The van der Waals surface area contributed by atoms with Crippen molar-refractivity contribution in [3.05, 3.63) is 57.0 Å². The number of ether oxygens (including phenoxy) is 1. The number of hydrogen-bond acceptors (Lipinski definition) is 5. The molecule has 1 amide bonds. The Hall–Kier alpha value is -2.67. The van der Waals surface area contributed by atoms with E-state index in [9.17, 15) is 14.4 Å².